The predicted octanol–water partition coefficient (Wildman–Crippen LogP) is 8.24. The van der Waals surface area contributed by atoms with Gasteiger partial charge in [-0.25, -0.2) is 4.98 Å². The van der Waals surface area contributed by atoms with Crippen LogP contribution in [0.1, 0.15) is 150 Å². The zero-order valence-electron chi connectivity index (χ0n) is 37.0. The maximum Gasteiger partial charge on any atom is 0.309 e. The predicted molar refractivity (Wildman–Crippen MR) is 225 cm³/mol. The highest BCUT2D eigenvalue weighted by molar-refractivity contribution is 7.11. The summed E-state index contributed by atoms with van der Waals surface area (Å²) in [7, 11) is 0. The molecule has 322 valence electrons. The number of thiazole rings is 1. The van der Waals surface area contributed by atoms with E-state index in [-0.39, 0.29) is 57.3 Å². The van der Waals surface area contributed by atoms with Gasteiger partial charge in [0.05, 0.1) is 17.9 Å². The second-order valence-electron chi connectivity index (χ2n) is 22.5. The fourth-order valence-electron chi connectivity index (χ4n) is 14.7. The average Bonchev–Trinajstić information content (AvgIpc) is 3.76. The van der Waals surface area contributed by atoms with Crippen LogP contribution in [0.2, 0.25) is 0 Å². The Labute approximate surface area is 350 Å². The van der Waals surface area contributed by atoms with E-state index < -0.39 is 40.3 Å². The van der Waals surface area contributed by atoms with Gasteiger partial charge in [-0.3, -0.25) is 19.2 Å². The number of hydrogen-bond acceptors (Lipinski definition) is 9. The number of hydrogen-bond donors (Lipinski definition) is 4. The number of aliphatic carboxylic acids is 1. The fraction of sp³-hybridized carbons (Fsp3) is 0.809. The molecule has 11 heteroatoms. The summed E-state index contributed by atoms with van der Waals surface area (Å²) in [6.07, 6.45) is 9.08. The van der Waals surface area contributed by atoms with Crippen molar-refractivity contribution < 1.29 is 34.1 Å². The molecule has 6 aliphatic rings. The number of esters is 1. The zero-order chi connectivity index (χ0) is 42.6. The molecule has 0 saturated heterocycles. The second-order valence-corrected chi connectivity index (χ2v) is 23.4. The van der Waals surface area contributed by atoms with Crippen LogP contribution < -0.4 is 10.6 Å². The van der Waals surface area contributed by atoms with Crippen molar-refractivity contribution >= 4 is 35.0 Å². The lowest BCUT2D eigenvalue weighted by Gasteiger charge is -2.72. The average molecular weight is 822 g/mol. The van der Waals surface area contributed by atoms with Crippen molar-refractivity contribution in [1.29, 1.82) is 0 Å². The first-order valence-corrected chi connectivity index (χ1v) is 23.1. The number of allylic oxidation sites excluding steroid dienone is 1. The molecule has 0 spiro atoms. The minimum atomic E-state index is -0.837. The molecule has 5 saturated carbocycles. The third-order valence-corrected chi connectivity index (χ3v) is 18.9. The molecular formula is C47H71N3O7S. The number of ether oxygens (including phenoxy) is 1. The molecule has 1 heterocycles. The van der Waals surface area contributed by atoms with E-state index in [2.05, 4.69) is 64.1 Å². The van der Waals surface area contributed by atoms with Crippen LogP contribution in [0.15, 0.2) is 22.7 Å². The van der Waals surface area contributed by atoms with Gasteiger partial charge in [0, 0.05) is 47.5 Å². The first kappa shape index (κ1) is 43.5. The number of carboxylic acid groups (broad SMARTS) is 1. The van der Waals surface area contributed by atoms with Gasteiger partial charge in [-0.1, -0.05) is 67.9 Å². The Kier molecular flexibility index (Phi) is 10.9. The number of aromatic nitrogens is 1. The highest BCUT2D eigenvalue weighted by Gasteiger charge is 2.71. The van der Waals surface area contributed by atoms with Gasteiger partial charge in [0.25, 0.3) is 5.91 Å². The van der Waals surface area contributed by atoms with Gasteiger partial charge < -0.3 is 25.6 Å². The standard InChI is InChI=1S/C47H71N3O7S/c1-26(2)35-30(51)23-47(33(52)24-48-25-41(3,4)50-37(53)38-49-20-21-58-38)19-18-45(10)27(36(35)47)12-13-32-44(9)16-15-34(43(7,8)31(44)14-17-46(32,45)11)57-40(56)29-22-28(39(54)55)42(29,5)6/h20-21,26-29,31-34,48,52H,12-19,22-25H2,1-11H3,(H,50,53)(H,54,55)/t27-,28+,29-,31+,32-,33+,34+,44+,45-,46-,47+/m1/s1. The van der Waals surface area contributed by atoms with Crippen molar-refractivity contribution in [2.45, 2.75) is 158 Å². The number of rotatable bonds is 11. The Hall–Kier alpha value is -2.63. The van der Waals surface area contributed by atoms with Gasteiger partial charge >= 0.3 is 11.9 Å². The number of ketones is 1. The second kappa shape index (κ2) is 14.5. The van der Waals surface area contributed by atoms with Crippen LogP contribution in [0, 0.1) is 68.0 Å². The minimum absolute atomic E-state index is 0.0261. The highest BCUT2D eigenvalue weighted by atomic mass is 32.1. The molecular weight excluding hydrogens is 751 g/mol. The third-order valence-electron chi connectivity index (χ3n) is 18.2. The van der Waals surface area contributed by atoms with E-state index in [4.69, 9.17) is 4.74 Å². The molecule has 4 N–H and O–H groups in total. The van der Waals surface area contributed by atoms with Crippen LogP contribution >= 0.6 is 11.3 Å². The Morgan fingerprint density at radius 1 is 0.931 bits per heavy atom. The van der Waals surface area contributed by atoms with Crippen molar-refractivity contribution in [2.24, 2.45) is 68.0 Å². The monoisotopic (exact) mass is 822 g/mol. The number of aliphatic hydroxyl groups excluding tert-OH is 1. The number of aliphatic hydroxyl groups is 1. The summed E-state index contributed by atoms with van der Waals surface area (Å²) in [5.74, 6) is -0.868. The first-order valence-electron chi connectivity index (χ1n) is 22.2. The Bertz CT molecular complexity index is 1850. The molecule has 10 nitrogen and oxygen atoms in total. The highest BCUT2D eigenvalue weighted by Crippen LogP contribution is 2.77. The van der Waals surface area contributed by atoms with Crippen molar-refractivity contribution in [1.82, 2.24) is 15.6 Å². The van der Waals surface area contributed by atoms with E-state index in [0.717, 1.165) is 56.9 Å². The lowest BCUT2D eigenvalue weighted by Crippen LogP contribution is -2.66. The molecule has 1 amide bonds. The summed E-state index contributed by atoms with van der Waals surface area (Å²) in [5, 5.41) is 30.7. The van der Waals surface area contributed by atoms with E-state index in [0.29, 0.717) is 42.8 Å². The normalized spacial score (nSPS) is 39.4. The van der Waals surface area contributed by atoms with Crippen molar-refractivity contribution in [3.05, 3.63) is 27.7 Å². The summed E-state index contributed by atoms with van der Waals surface area (Å²) in [6.45, 7) is 25.0. The number of carboxylic acids is 1. The lowest BCUT2D eigenvalue weighted by atomic mass is 9.33. The number of nitrogens with one attached hydrogen (secondary N) is 2. The van der Waals surface area contributed by atoms with Crippen molar-refractivity contribution in [3.8, 4) is 0 Å². The maximum atomic E-state index is 14.2. The quantitative estimate of drug-likeness (QED) is 0.162. The number of Topliss-reactive ketones (excluding diaryl/α,β-unsaturated/α-hetero) is 1. The van der Waals surface area contributed by atoms with Crippen LogP contribution in [0.25, 0.3) is 0 Å². The molecule has 0 bridgehead atoms. The number of carbonyl (C=O) groups is 4. The van der Waals surface area contributed by atoms with Crippen LogP contribution in [0.3, 0.4) is 0 Å². The minimum Gasteiger partial charge on any atom is -0.481 e. The van der Waals surface area contributed by atoms with Crippen molar-refractivity contribution in [3.63, 3.8) is 0 Å². The van der Waals surface area contributed by atoms with Gasteiger partial charge in [0.2, 0.25) is 0 Å². The van der Waals surface area contributed by atoms with Gasteiger partial charge in [-0.2, -0.15) is 0 Å². The molecule has 0 unspecified atom stereocenters. The van der Waals surface area contributed by atoms with Gasteiger partial charge in [-0.05, 0) is 123 Å². The smallest absolute Gasteiger partial charge is 0.309 e. The largest absolute Gasteiger partial charge is 0.481 e. The molecule has 1 aromatic heterocycles. The van der Waals surface area contributed by atoms with E-state index in [1.165, 1.54) is 16.9 Å². The number of carbonyl (C=O) groups excluding carboxylic acids is 3. The SMILES string of the molecule is CC(C)C1=C2[C@H]3CC[C@@H]4[C@@]5(C)CC[C@H](OC(=O)[C@H]6C[C@@H](C(=O)O)C6(C)C)C(C)(C)[C@@H]5CC[C@@]4(C)[C@]3(C)CC[C@@]2([C@@H](O)CNCC(C)(C)NC(=O)c2nccs2)CC1=O. The van der Waals surface area contributed by atoms with Crippen LogP contribution in [-0.4, -0.2) is 69.7 Å². The van der Waals surface area contributed by atoms with Crippen molar-refractivity contribution in [2.75, 3.05) is 13.1 Å². The van der Waals surface area contributed by atoms with Gasteiger partial charge in [0.1, 0.15) is 6.10 Å². The molecule has 0 aliphatic heterocycles. The molecule has 6 aliphatic carbocycles. The van der Waals surface area contributed by atoms with Crippen LogP contribution in [0.4, 0.5) is 0 Å². The number of nitrogens with zero attached hydrogens (tertiary/aromatic N) is 1. The molecule has 7 rings (SSSR count). The Balaban J connectivity index is 1.10. The lowest BCUT2D eigenvalue weighted by molar-refractivity contribution is -0.238. The molecule has 0 radical (unpaired) electrons. The van der Waals surface area contributed by atoms with E-state index in [9.17, 15) is 29.4 Å². The van der Waals surface area contributed by atoms with Crippen LogP contribution in [0.5, 0.6) is 0 Å². The summed E-state index contributed by atoms with van der Waals surface area (Å²) < 4.78 is 6.42. The maximum absolute atomic E-state index is 14.2. The van der Waals surface area contributed by atoms with Crippen LogP contribution in [-0.2, 0) is 19.1 Å². The molecule has 1 aromatic rings. The molecule has 58 heavy (non-hydrogen) atoms. The van der Waals surface area contributed by atoms with Gasteiger partial charge in [-0.15, -0.1) is 11.3 Å². The summed E-state index contributed by atoms with van der Waals surface area (Å²) in [4.78, 5) is 56.5. The number of amides is 1. The summed E-state index contributed by atoms with van der Waals surface area (Å²) >= 11 is 1.31. The van der Waals surface area contributed by atoms with E-state index in [1.54, 1.807) is 11.6 Å². The molecule has 0 aromatic carbocycles. The number of fused-ring (bicyclic) bond motifs is 7. The van der Waals surface area contributed by atoms with E-state index in [1.807, 2.05) is 27.7 Å². The zero-order valence-corrected chi connectivity index (χ0v) is 37.9. The van der Waals surface area contributed by atoms with E-state index >= 15 is 0 Å². The summed E-state index contributed by atoms with van der Waals surface area (Å²) in [5.41, 5.74) is 0.214. The summed E-state index contributed by atoms with van der Waals surface area (Å²) in [6, 6.07) is 0. The topological polar surface area (TPSA) is 155 Å². The third kappa shape index (κ3) is 6.47. The Morgan fingerprint density at radius 3 is 2.26 bits per heavy atom. The molecule has 11 atom stereocenters. The first-order chi connectivity index (χ1) is 26.9. The molecule has 5 fully saturated rings. The van der Waals surface area contributed by atoms with Gasteiger partial charge in [0.15, 0.2) is 10.8 Å². The fourth-order valence-corrected chi connectivity index (χ4v) is 15.2. The Morgan fingerprint density at radius 2 is 1.64 bits per heavy atom.